The fourth-order valence-corrected chi connectivity index (χ4v) is 5.75. The van der Waals surface area contributed by atoms with Gasteiger partial charge in [0.15, 0.2) is 9.84 Å². The molecule has 0 spiro atoms. The van der Waals surface area contributed by atoms with Crippen molar-refractivity contribution in [1.82, 2.24) is 4.90 Å². The number of nitro groups is 1. The number of nitro benzene ring substituents is 1. The quantitative estimate of drug-likeness (QED) is 0.340. The van der Waals surface area contributed by atoms with Gasteiger partial charge in [0.1, 0.15) is 4.32 Å². The Balaban J connectivity index is 1.86. The van der Waals surface area contributed by atoms with Gasteiger partial charge in [-0.3, -0.25) is 19.8 Å². The van der Waals surface area contributed by atoms with Crippen LogP contribution in [0.4, 0.5) is 5.69 Å². The van der Waals surface area contributed by atoms with Gasteiger partial charge in [0, 0.05) is 12.1 Å². The van der Waals surface area contributed by atoms with E-state index in [1.165, 1.54) is 29.2 Å². The third kappa shape index (κ3) is 3.35. The normalized spacial score (nSPS) is 24.8. The molecular weight excluding hydrogens is 372 g/mol. The summed E-state index contributed by atoms with van der Waals surface area (Å²) >= 11 is 6.30. The van der Waals surface area contributed by atoms with Crippen LogP contribution in [0.3, 0.4) is 0 Å². The fraction of sp³-hybridized carbons (Fsp3) is 0.286. The number of thiocarbonyl (C=S) groups is 1. The van der Waals surface area contributed by atoms with Crippen molar-refractivity contribution in [2.45, 2.75) is 12.5 Å². The lowest BCUT2D eigenvalue weighted by Crippen LogP contribution is -2.39. The first-order valence-electron chi connectivity index (χ1n) is 6.99. The Labute approximate surface area is 147 Å². The Kier molecular flexibility index (Phi) is 4.45. The molecule has 2 fully saturated rings. The molecular formula is C14H12N2O5S3. The molecule has 3 rings (SSSR count). The highest BCUT2D eigenvalue weighted by Crippen LogP contribution is 2.36. The van der Waals surface area contributed by atoms with Crippen LogP contribution in [0.1, 0.15) is 12.0 Å². The summed E-state index contributed by atoms with van der Waals surface area (Å²) < 4.78 is 23.6. The molecule has 0 aromatic heterocycles. The van der Waals surface area contributed by atoms with Crippen molar-refractivity contribution in [2.24, 2.45) is 0 Å². The van der Waals surface area contributed by atoms with Crippen molar-refractivity contribution in [2.75, 3.05) is 11.5 Å². The van der Waals surface area contributed by atoms with Gasteiger partial charge in [0.2, 0.25) is 0 Å². The average Bonchev–Trinajstić information content (AvgIpc) is 2.99. The van der Waals surface area contributed by atoms with Gasteiger partial charge in [-0.15, -0.1) is 0 Å². The highest BCUT2D eigenvalue weighted by atomic mass is 32.2. The van der Waals surface area contributed by atoms with E-state index >= 15 is 0 Å². The van der Waals surface area contributed by atoms with E-state index in [1.807, 2.05) is 0 Å². The number of carbonyl (C=O) groups excluding carboxylic acids is 1. The Morgan fingerprint density at radius 3 is 2.79 bits per heavy atom. The van der Waals surface area contributed by atoms with Crippen LogP contribution in [0.25, 0.3) is 6.08 Å². The van der Waals surface area contributed by atoms with Gasteiger partial charge in [0.25, 0.3) is 11.6 Å². The van der Waals surface area contributed by atoms with E-state index in [-0.39, 0.29) is 23.1 Å². The van der Waals surface area contributed by atoms with Crippen molar-refractivity contribution in [3.8, 4) is 0 Å². The molecule has 10 heteroatoms. The van der Waals surface area contributed by atoms with E-state index in [2.05, 4.69) is 0 Å². The van der Waals surface area contributed by atoms with E-state index in [9.17, 15) is 23.3 Å². The summed E-state index contributed by atoms with van der Waals surface area (Å²) in [4.78, 5) is 24.6. The first-order chi connectivity index (χ1) is 11.3. The molecule has 7 nitrogen and oxygen atoms in total. The number of carbonyl (C=O) groups is 1. The number of rotatable bonds is 3. The number of non-ortho nitro benzene ring substituents is 1. The molecule has 126 valence electrons. The monoisotopic (exact) mass is 384 g/mol. The largest absolute Gasteiger partial charge is 0.289 e. The minimum absolute atomic E-state index is 0.0542. The number of nitrogens with zero attached hydrogens (tertiary/aromatic N) is 2. The molecule has 1 aromatic rings. The maximum Gasteiger partial charge on any atom is 0.270 e. The maximum atomic E-state index is 12.6. The van der Waals surface area contributed by atoms with E-state index in [1.54, 1.807) is 6.07 Å². The molecule has 0 unspecified atom stereocenters. The van der Waals surface area contributed by atoms with Gasteiger partial charge in [-0.05, 0) is 18.1 Å². The molecule has 0 N–H and O–H groups in total. The van der Waals surface area contributed by atoms with Crippen LogP contribution in [0.15, 0.2) is 29.2 Å². The molecule has 0 aliphatic carbocycles. The van der Waals surface area contributed by atoms with Crippen LogP contribution in [0.5, 0.6) is 0 Å². The summed E-state index contributed by atoms with van der Waals surface area (Å²) in [5.41, 5.74) is 0.449. The Morgan fingerprint density at radius 2 is 2.17 bits per heavy atom. The number of hydrogen-bond acceptors (Lipinski definition) is 7. The molecule has 24 heavy (non-hydrogen) atoms. The highest BCUT2D eigenvalue weighted by molar-refractivity contribution is 8.26. The number of sulfone groups is 1. The van der Waals surface area contributed by atoms with Crippen molar-refractivity contribution in [3.63, 3.8) is 0 Å². The average molecular weight is 384 g/mol. The third-order valence-electron chi connectivity index (χ3n) is 3.78. The second kappa shape index (κ2) is 6.26. The molecule has 2 aliphatic heterocycles. The van der Waals surface area contributed by atoms with Gasteiger partial charge in [-0.1, -0.05) is 36.1 Å². The lowest BCUT2D eigenvalue weighted by atomic mass is 10.1. The van der Waals surface area contributed by atoms with Crippen LogP contribution >= 0.6 is 24.0 Å². The molecule has 0 saturated carbocycles. The summed E-state index contributed by atoms with van der Waals surface area (Å²) in [5, 5.41) is 10.8. The SMILES string of the molecule is O=C1/C(=C/c2cccc([N+](=O)[O-])c2)SC(=S)N1[C@@H]1CCS(=O)(=O)C1. The van der Waals surface area contributed by atoms with Crippen molar-refractivity contribution in [1.29, 1.82) is 0 Å². The van der Waals surface area contributed by atoms with E-state index in [0.717, 1.165) is 11.8 Å². The minimum Gasteiger partial charge on any atom is -0.289 e. The third-order valence-corrected chi connectivity index (χ3v) is 6.86. The molecule has 1 aromatic carbocycles. The molecule has 2 saturated heterocycles. The second-order valence-corrected chi connectivity index (χ2v) is 9.37. The predicted octanol–water partition coefficient (Wildman–Crippen LogP) is 1.98. The lowest BCUT2D eigenvalue weighted by Gasteiger charge is -2.20. The Morgan fingerprint density at radius 1 is 1.42 bits per heavy atom. The smallest absolute Gasteiger partial charge is 0.270 e. The molecule has 2 heterocycles. The number of thioether (sulfide) groups is 1. The molecule has 1 amide bonds. The van der Waals surface area contributed by atoms with Gasteiger partial charge in [-0.25, -0.2) is 8.42 Å². The van der Waals surface area contributed by atoms with Gasteiger partial charge < -0.3 is 0 Å². The summed E-state index contributed by atoms with van der Waals surface area (Å²) in [7, 11) is -3.13. The van der Waals surface area contributed by atoms with E-state index in [4.69, 9.17) is 12.2 Å². The van der Waals surface area contributed by atoms with E-state index < -0.39 is 20.8 Å². The van der Waals surface area contributed by atoms with Crippen molar-refractivity contribution >= 4 is 55.8 Å². The fourth-order valence-electron chi connectivity index (χ4n) is 2.65. The van der Waals surface area contributed by atoms with Crippen LogP contribution in [0.2, 0.25) is 0 Å². The standard InChI is InChI=1S/C14H12N2O5S3/c17-13-12(7-9-2-1-3-10(6-9)16(18)19)23-14(22)15(13)11-4-5-24(20,21)8-11/h1-3,6-7,11H,4-5,8H2/b12-7-/t11-/m1/s1. The minimum atomic E-state index is -3.13. The summed E-state index contributed by atoms with van der Waals surface area (Å²) in [6.45, 7) is 0. The Hall–Kier alpha value is -1.78. The number of amides is 1. The summed E-state index contributed by atoms with van der Waals surface area (Å²) in [6, 6.07) is 5.49. The molecule has 0 bridgehead atoms. The lowest BCUT2D eigenvalue weighted by molar-refractivity contribution is -0.384. The van der Waals surface area contributed by atoms with Crippen LogP contribution in [0, 0.1) is 10.1 Å². The van der Waals surface area contributed by atoms with Gasteiger partial charge in [0.05, 0.1) is 27.4 Å². The molecule has 0 radical (unpaired) electrons. The zero-order valence-electron chi connectivity index (χ0n) is 12.2. The zero-order valence-corrected chi connectivity index (χ0v) is 14.7. The van der Waals surface area contributed by atoms with Crippen molar-refractivity contribution < 1.29 is 18.1 Å². The first-order valence-corrected chi connectivity index (χ1v) is 10.0. The first kappa shape index (κ1) is 17.1. The van der Waals surface area contributed by atoms with Crippen LogP contribution < -0.4 is 0 Å². The predicted molar refractivity (Wildman–Crippen MR) is 95.2 cm³/mol. The Bertz CT molecular complexity index is 878. The summed E-state index contributed by atoms with van der Waals surface area (Å²) in [6.07, 6.45) is 1.91. The number of benzene rings is 1. The number of hydrogen-bond donors (Lipinski definition) is 0. The van der Waals surface area contributed by atoms with Crippen LogP contribution in [-0.4, -0.2) is 46.0 Å². The molecule has 2 aliphatic rings. The van der Waals surface area contributed by atoms with Gasteiger partial charge >= 0.3 is 0 Å². The maximum absolute atomic E-state index is 12.6. The topological polar surface area (TPSA) is 97.6 Å². The van der Waals surface area contributed by atoms with E-state index in [0.29, 0.717) is 21.2 Å². The highest BCUT2D eigenvalue weighted by Gasteiger charge is 2.42. The van der Waals surface area contributed by atoms with Crippen LogP contribution in [-0.2, 0) is 14.6 Å². The summed E-state index contributed by atoms with van der Waals surface area (Å²) in [5.74, 6) is -0.374. The second-order valence-electron chi connectivity index (χ2n) is 5.46. The zero-order chi connectivity index (χ0) is 17.5. The van der Waals surface area contributed by atoms with Crippen molar-refractivity contribution in [3.05, 3.63) is 44.8 Å². The van der Waals surface area contributed by atoms with Gasteiger partial charge in [-0.2, -0.15) is 0 Å². The molecule has 1 atom stereocenters.